The topological polar surface area (TPSA) is 55.6 Å². The van der Waals surface area contributed by atoms with Crippen LogP contribution in [0.4, 0.5) is 0 Å². The van der Waals surface area contributed by atoms with Crippen LogP contribution in [0.3, 0.4) is 0 Å². The number of nitrogens with zero attached hydrogens (tertiary/aromatic N) is 2. The van der Waals surface area contributed by atoms with E-state index in [9.17, 15) is 4.79 Å². The molecule has 0 spiro atoms. The van der Waals surface area contributed by atoms with E-state index >= 15 is 0 Å². The Balaban J connectivity index is 1.66. The van der Waals surface area contributed by atoms with Gasteiger partial charge in [-0.15, -0.1) is 0 Å². The molecule has 1 N–H and O–H groups in total. The lowest BCUT2D eigenvalue weighted by atomic mass is 10.2. The van der Waals surface area contributed by atoms with Crippen molar-refractivity contribution in [2.24, 2.45) is 5.10 Å². The number of nitrogens with one attached hydrogen (secondary N) is 1. The Morgan fingerprint density at radius 3 is 2.61 bits per heavy atom. The number of carbonyl (C=O) groups is 1. The summed E-state index contributed by atoms with van der Waals surface area (Å²) in [6.07, 6.45) is 1.66. The molecule has 3 aromatic rings. The van der Waals surface area contributed by atoms with Gasteiger partial charge in [0.15, 0.2) is 6.61 Å². The zero-order valence-corrected chi connectivity index (χ0v) is 17.7. The third-order valence-electron chi connectivity index (χ3n) is 4.39. The van der Waals surface area contributed by atoms with Gasteiger partial charge in [-0.05, 0) is 56.7 Å². The molecule has 0 aliphatic heterocycles. The zero-order valence-electron chi connectivity index (χ0n) is 16.1. The lowest BCUT2D eigenvalue weighted by molar-refractivity contribution is -0.123. The number of benzene rings is 2. The minimum Gasteiger partial charge on any atom is -0.484 e. The average Bonchev–Trinajstić information content (AvgIpc) is 2.97. The van der Waals surface area contributed by atoms with Gasteiger partial charge >= 0.3 is 0 Å². The fraction of sp³-hybridized carbons (Fsp3) is 0.182. The molecular formula is C22H22BrN3O2. The number of rotatable bonds is 6. The number of carbonyl (C=O) groups excluding carboxylic acids is 1. The first-order valence-corrected chi connectivity index (χ1v) is 9.70. The highest BCUT2D eigenvalue weighted by atomic mass is 79.9. The highest BCUT2D eigenvalue weighted by Crippen LogP contribution is 2.24. The van der Waals surface area contributed by atoms with Gasteiger partial charge in [-0.25, -0.2) is 5.43 Å². The van der Waals surface area contributed by atoms with E-state index in [-0.39, 0.29) is 12.5 Å². The van der Waals surface area contributed by atoms with Crippen molar-refractivity contribution in [2.75, 3.05) is 6.61 Å². The van der Waals surface area contributed by atoms with Gasteiger partial charge < -0.3 is 9.30 Å². The van der Waals surface area contributed by atoms with Gasteiger partial charge in [0.1, 0.15) is 5.75 Å². The molecule has 1 amide bonds. The summed E-state index contributed by atoms with van der Waals surface area (Å²) in [7, 11) is 0. The van der Waals surface area contributed by atoms with Crippen molar-refractivity contribution in [3.05, 3.63) is 81.6 Å². The van der Waals surface area contributed by atoms with E-state index in [1.807, 2.05) is 38.1 Å². The molecule has 0 atom stereocenters. The maximum atomic E-state index is 11.9. The minimum atomic E-state index is -0.309. The Kier molecular flexibility index (Phi) is 6.31. The first kappa shape index (κ1) is 19.9. The van der Waals surface area contributed by atoms with E-state index in [1.165, 1.54) is 5.56 Å². The number of aromatic nitrogens is 1. The van der Waals surface area contributed by atoms with Crippen molar-refractivity contribution in [1.29, 1.82) is 0 Å². The minimum absolute atomic E-state index is 0.0855. The number of amides is 1. The van der Waals surface area contributed by atoms with Crippen molar-refractivity contribution in [3.8, 4) is 11.4 Å². The van der Waals surface area contributed by atoms with Crippen LogP contribution < -0.4 is 10.2 Å². The third-order valence-corrected chi connectivity index (χ3v) is 5.24. The Morgan fingerprint density at radius 2 is 1.89 bits per heavy atom. The Bertz CT molecular complexity index is 1010. The molecule has 1 heterocycles. The summed E-state index contributed by atoms with van der Waals surface area (Å²) in [4.78, 5) is 11.9. The lowest BCUT2D eigenvalue weighted by Gasteiger charge is -2.11. The van der Waals surface area contributed by atoms with Crippen LogP contribution in [-0.2, 0) is 4.79 Å². The van der Waals surface area contributed by atoms with Crippen molar-refractivity contribution >= 4 is 28.1 Å². The molecule has 0 bridgehead atoms. The predicted octanol–water partition coefficient (Wildman–Crippen LogP) is 4.69. The van der Waals surface area contributed by atoms with Gasteiger partial charge in [-0.2, -0.15) is 5.10 Å². The van der Waals surface area contributed by atoms with E-state index < -0.39 is 0 Å². The van der Waals surface area contributed by atoms with Crippen molar-refractivity contribution < 1.29 is 9.53 Å². The first-order chi connectivity index (χ1) is 13.5. The van der Waals surface area contributed by atoms with Crippen molar-refractivity contribution in [1.82, 2.24) is 9.99 Å². The summed E-state index contributed by atoms with van der Waals surface area (Å²) < 4.78 is 8.63. The monoisotopic (exact) mass is 439 g/mol. The third kappa shape index (κ3) is 4.70. The van der Waals surface area contributed by atoms with Gasteiger partial charge in [0, 0.05) is 27.1 Å². The second-order valence-electron chi connectivity index (χ2n) is 6.49. The number of halogens is 1. The number of ether oxygens (including phenoxy) is 1. The summed E-state index contributed by atoms with van der Waals surface area (Å²) in [5.74, 6) is 0.339. The fourth-order valence-corrected chi connectivity index (χ4v) is 3.27. The molecule has 0 unspecified atom stereocenters. The van der Waals surface area contributed by atoms with Crippen LogP contribution in [0.5, 0.6) is 5.75 Å². The second kappa shape index (κ2) is 8.89. The highest BCUT2D eigenvalue weighted by Gasteiger charge is 2.10. The van der Waals surface area contributed by atoms with E-state index in [1.54, 1.807) is 18.3 Å². The molecule has 6 heteroatoms. The van der Waals surface area contributed by atoms with Gasteiger partial charge in [-0.3, -0.25) is 4.79 Å². The fourth-order valence-electron chi connectivity index (χ4n) is 2.91. The van der Waals surface area contributed by atoms with Crippen LogP contribution in [0, 0.1) is 20.8 Å². The Hall–Kier alpha value is -2.86. The second-order valence-corrected chi connectivity index (χ2v) is 7.34. The average molecular weight is 440 g/mol. The molecule has 0 saturated carbocycles. The Morgan fingerprint density at radius 1 is 1.14 bits per heavy atom. The maximum absolute atomic E-state index is 11.9. The Labute approximate surface area is 173 Å². The van der Waals surface area contributed by atoms with Crippen LogP contribution >= 0.6 is 15.9 Å². The van der Waals surface area contributed by atoms with Gasteiger partial charge in [0.25, 0.3) is 5.91 Å². The molecule has 0 saturated heterocycles. The summed E-state index contributed by atoms with van der Waals surface area (Å²) in [5, 5.41) is 4.07. The predicted molar refractivity (Wildman–Crippen MR) is 115 cm³/mol. The summed E-state index contributed by atoms with van der Waals surface area (Å²) in [6.45, 7) is 6.05. The maximum Gasteiger partial charge on any atom is 0.277 e. The van der Waals surface area contributed by atoms with Crippen LogP contribution in [0.15, 0.2) is 64.2 Å². The van der Waals surface area contributed by atoms with Crippen molar-refractivity contribution in [3.63, 3.8) is 0 Å². The number of hydrogen-bond acceptors (Lipinski definition) is 3. The molecule has 2 aromatic carbocycles. The lowest BCUT2D eigenvalue weighted by Crippen LogP contribution is -2.24. The zero-order chi connectivity index (χ0) is 20.1. The number of para-hydroxylation sites is 1. The molecule has 0 radical (unpaired) electrons. The molecule has 144 valence electrons. The van der Waals surface area contributed by atoms with Crippen LogP contribution in [-0.4, -0.2) is 23.3 Å². The molecule has 0 aliphatic rings. The molecule has 0 fully saturated rings. The summed E-state index contributed by atoms with van der Waals surface area (Å²) in [5.41, 5.74) is 7.85. The van der Waals surface area contributed by atoms with Crippen LogP contribution in [0.1, 0.15) is 22.5 Å². The van der Waals surface area contributed by atoms with Crippen LogP contribution in [0.2, 0.25) is 0 Å². The van der Waals surface area contributed by atoms with Gasteiger partial charge in [0.2, 0.25) is 0 Å². The summed E-state index contributed by atoms with van der Waals surface area (Å²) >= 11 is 3.59. The normalized spacial score (nSPS) is 11.0. The van der Waals surface area contributed by atoms with E-state index in [0.717, 1.165) is 27.1 Å². The van der Waals surface area contributed by atoms with Crippen LogP contribution in [0.25, 0.3) is 5.69 Å². The van der Waals surface area contributed by atoms with Crippen molar-refractivity contribution in [2.45, 2.75) is 20.8 Å². The number of hydrogen-bond donors (Lipinski definition) is 1. The molecular weight excluding hydrogens is 418 g/mol. The summed E-state index contributed by atoms with van der Waals surface area (Å²) in [6, 6.07) is 17.5. The molecule has 5 nitrogen and oxygen atoms in total. The smallest absolute Gasteiger partial charge is 0.277 e. The van der Waals surface area contributed by atoms with E-state index in [4.69, 9.17) is 4.74 Å². The quantitative estimate of drug-likeness (QED) is 0.447. The number of aryl methyl sites for hydroxylation is 2. The first-order valence-electron chi connectivity index (χ1n) is 8.91. The molecule has 0 aliphatic carbocycles. The standard InChI is InChI=1S/C22H22BrN3O2/c1-15-9-10-19(12-21(15)23)26-16(2)11-18(17(26)3)13-24-25-22(27)14-28-20-7-5-4-6-8-20/h4-13H,14H2,1-3H3,(H,25,27)/b24-13-. The van der Waals surface area contributed by atoms with E-state index in [0.29, 0.717) is 5.75 Å². The van der Waals surface area contributed by atoms with Gasteiger partial charge in [0.05, 0.1) is 6.21 Å². The SMILES string of the molecule is Cc1ccc(-n2c(C)cc(/C=N\NC(=O)COc3ccccc3)c2C)cc1Br. The van der Waals surface area contributed by atoms with Gasteiger partial charge in [-0.1, -0.05) is 40.2 Å². The highest BCUT2D eigenvalue weighted by molar-refractivity contribution is 9.10. The molecule has 1 aromatic heterocycles. The largest absolute Gasteiger partial charge is 0.484 e. The number of hydrazone groups is 1. The molecule has 3 rings (SSSR count). The van der Waals surface area contributed by atoms with E-state index in [2.05, 4.69) is 56.1 Å². The molecule has 28 heavy (non-hydrogen) atoms.